The zero-order valence-electron chi connectivity index (χ0n) is 8.27. The monoisotopic (exact) mass is 284 g/mol. The van der Waals surface area contributed by atoms with Gasteiger partial charge in [0.2, 0.25) is 0 Å². The quantitative estimate of drug-likeness (QED) is 0.683. The molecule has 5 nitrogen and oxygen atoms in total. The number of nitrogens with zero attached hydrogens (tertiary/aromatic N) is 1. The van der Waals surface area contributed by atoms with E-state index in [0.29, 0.717) is 5.56 Å². The number of halogens is 1. The van der Waals surface area contributed by atoms with Gasteiger partial charge >= 0.3 is 0 Å². The molecular weight excluding hydrogens is 276 g/mol. The molecule has 16 heavy (non-hydrogen) atoms. The zero-order valence-corrected chi connectivity index (χ0v) is 9.86. The van der Waals surface area contributed by atoms with Crippen molar-refractivity contribution < 1.29 is 9.72 Å². The molecule has 1 fully saturated rings. The fourth-order valence-electron chi connectivity index (χ4n) is 1.33. The maximum Gasteiger partial charge on any atom is 0.284 e. The number of nitro benzene ring substituents is 1. The Morgan fingerprint density at radius 2 is 2.19 bits per heavy atom. The summed E-state index contributed by atoms with van der Waals surface area (Å²) in [4.78, 5) is 21.9. The van der Waals surface area contributed by atoms with Crippen LogP contribution in [-0.4, -0.2) is 16.9 Å². The van der Waals surface area contributed by atoms with Gasteiger partial charge in [0.05, 0.1) is 10.5 Å². The molecule has 0 spiro atoms. The van der Waals surface area contributed by atoms with E-state index in [2.05, 4.69) is 21.2 Å². The molecule has 1 aliphatic carbocycles. The summed E-state index contributed by atoms with van der Waals surface area (Å²) in [6.45, 7) is 0. The van der Waals surface area contributed by atoms with Crippen molar-refractivity contribution in [1.29, 1.82) is 0 Å². The van der Waals surface area contributed by atoms with Gasteiger partial charge in [0.15, 0.2) is 0 Å². The van der Waals surface area contributed by atoms with Gasteiger partial charge in [-0.25, -0.2) is 0 Å². The molecule has 0 heterocycles. The van der Waals surface area contributed by atoms with Crippen molar-refractivity contribution in [2.24, 2.45) is 0 Å². The first-order valence-electron chi connectivity index (χ1n) is 4.83. The average Bonchev–Trinajstić information content (AvgIpc) is 3.01. The second-order valence-electron chi connectivity index (χ2n) is 3.64. The minimum Gasteiger partial charge on any atom is -0.349 e. The zero-order chi connectivity index (χ0) is 11.7. The summed E-state index contributed by atoms with van der Waals surface area (Å²) in [5.74, 6) is -0.266. The van der Waals surface area contributed by atoms with Crippen molar-refractivity contribution in [2.75, 3.05) is 0 Å². The van der Waals surface area contributed by atoms with Crippen LogP contribution in [0, 0.1) is 10.1 Å². The summed E-state index contributed by atoms with van der Waals surface area (Å²) in [5, 5.41) is 13.5. The van der Waals surface area contributed by atoms with Crippen LogP contribution in [0.4, 0.5) is 5.69 Å². The first kappa shape index (κ1) is 11.1. The lowest BCUT2D eigenvalue weighted by Crippen LogP contribution is -2.25. The Kier molecular flexibility index (Phi) is 2.91. The Labute approximate surface area is 100 Å². The van der Waals surface area contributed by atoms with Crippen molar-refractivity contribution >= 4 is 27.5 Å². The number of hydrogen-bond donors (Lipinski definition) is 1. The summed E-state index contributed by atoms with van der Waals surface area (Å²) in [6.07, 6.45) is 1.97. The number of carbonyl (C=O) groups excluding carboxylic acids is 1. The number of hydrogen-bond acceptors (Lipinski definition) is 3. The first-order valence-corrected chi connectivity index (χ1v) is 5.62. The van der Waals surface area contributed by atoms with Crippen molar-refractivity contribution in [1.82, 2.24) is 5.32 Å². The number of nitrogens with one attached hydrogen (secondary N) is 1. The van der Waals surface area contributed by atoms with Crippen LogP contribution in [0.15, 0.2) is 22.7 Å². The molecule has 0 bridgehead atoms. The molecule has 1 amide bonds. The number of amides is 1. The van der Waals surface area contributed by atoms with Crippen LogP contribution in [0.3, 0.4) is 0 Å². The minimum atomic E-state index is -0.516. The van der Waals surface area contributed by atoms with E-state index in [4.69, 9.17) is 0 Å². The van der Waals surface area contributed by atoms with E-state index in [-0.39, 0.29) is 22.1 Å². The van der Waals surface area contributed by atoms with Crippen LogP contribution in [0.25, 0.3) is 0 Å². The molecule has 84 valence electrons. The van der Waals surface area contributed by atoms with Gasteiger partial charge in [-0.2, -0.15) is 0 Å². The van der Waals surface area contributed by atoms with Crippen LogP contribution in [0.1, 0.15) is 23.2 Å². The largest absolute Gasteiger partial charge is 0.349 e. The highest BCUT2D eigenvalue weighted by Crippen LogP contribution is 2.29. The number of rotatable bonds is 3. The fourth-order valence-corrected chi connectivity index (χ4v) is 1.92. The van der Waals surface area contributed by atoms with E-state index in [9.17, 15) is 14.9 Å². The highest BCUT2D eigenvalue weighted by atomic mass is 79.9. The summed E-state index contributed by atoms with van der Waals surface area (Å²) in [7, 11) is 0. The second-order valence-corrected chi connectivity index (χ2v) is 4.44. The summed E-state index contributed by atoms with van der Waals surface area (Å²) in [5.41, 5.74) is 0.213. The van der Waals surface area contributed by atoms with Gasteiger partial charge in [0.1, 0.15) is 4.47 Å². The molecule has 0 saturated heterocycles. The standard InChI is InChI=1S/C10H9BrN2O3/c11-9-7(10(14)12-6-4-5-6)2-1-3-8(9)13(15)16/h1-3,6H,4-5H2,(H,12,14). The van der Waals surface area contributed by atoms with Crippen molar-refractivity contribution in [3.05, 3.63) is 38.3 Å². The molecule has 1 saturated carbocycles. The summed E-state index contributed by atoms with van der Waals surface area (Å²) < 4.78 is 0.234. The molecule has 1 aromatic rings. The van der Waals surface area contributed by atoms with E-state index in [0.717, 1.165) is 12.8 Å². The molecule has 0 unspecified atom stereocenters. The van der Waals surface area contributed by atoms with Crippen LogP contribution in [0.2, 0.25) is 0 Å². The van der Waals surface area contributed by atoms with Gasteiger partial charge in [-0.3, -0.25) is 14.9 Å². The lowest BCUT2D eigenvalue weighted by Gasteiger charge is -2.05. The van der Waals surface area contributed by atoms with Gasteiger partial charge in [0.25, 0.3) is 11.6 Å². The molecule has 6 heteroatoms. The summed E-state index contributed by atoms with van der Waals surface area (Å²) >= 11 is 3.09. The van der Waals surface area contributed by atoms with Gasteiger partial charge in [-0.05, 0) is 34.8 Å². The van der Waals surface area contributed by atoms with Gasteiger partial charge in [0, 0.05) is 12.1 Å². The smallest absolute Gasteiger partial charge is 0.284 e. The lowest BCUT2D eigenvalue weighted by atomic mass is 10.2. The molecule has 1 N–H and O–H groups in total. The molecule has 0 atom stereocenters. The van der Waals surface area contributed by atoms with Crippen LogP contribution in [0.5, 0.6) is 0 Å². The predicted octanol–water partition coefficient (Wildman–Crippen LogP) is 2.25. The van der Waals surface area contributed by atoms with Crippen LogP contribution >= 0.6 is 15.9 Å². The SMILES string of the molecule is O=C(NC1CC1)c1cccc([N+](=O)[O-])c1Br. The van der Waals surface area contributed by atoms with E-state index >= 15 is 0 Å². The van der Waals surface area contributed by atoms with Gasteiger partial charge in [-0.1, -0.05) is 6.07 Å². The Balaban J connectivity index is 2.29. The number of nitro groups is 1. The maximum absolute atomic E-state index is 11.7. The van der Waals surface area contributed by atoms with Gasteiger partial charge < -0.3 is 5.32 Å². The number of carbonyl (C=O) groups is 1. The van der Waals surface area contributed by atoms with Crippen LogP contribution in [-0.2, 0) is 0 Å². The first-order chi connectivity index (χ1) is 7.59. The van der Waals surface area contributed by atoms with E-state index in [1.54, 1.807) is 6.07 Å². The Morgan fingerprint density at radius 3 is 2.75 bits per heavy atom. The number of benzene rings is 1. The topological polar surface area (TPSA) is 72.2 Å². The van der Waals surface area contributed by atoms with Gasteiger partial charge in [-0.15, -0.1) is 0 Å². The Hall–Kier alpha value is -1.43. The van der Waals surface area contributed by atoms with Crippen molar-refractivity contribution in [3.8, 4) is 0 Å². The minimum absolute atomic E-state index is 0.0940. The van der Waals surface area contributed by atoms with E-state index in [1.165, 1.54) is 12.1 Å². The van der Waals surface area contributed by atoms with E-state index in [1.807, 2.05) is 0 Å². The molecule has 1 aromatic carbocycles. The summed E-state index contributed by atoms with van der Waals surface area (Å²) in [6, 6.07) is 4.66. The highest BCUT2D eigenvalue weighted by molar-refractivity contribution is 9.10. The van der Waals surface area contributed by atoms with Crippen molar-refractivity contribution in [2.45, 2.75) is 18.9 Å². The molecule has 0 aliphatic heterocycles. The Bertz CT molecular complexity index is 457. The predicted molar refractivity (Wildman–Crippen MR) is 61.3 cm³/mol. The molecule has 1 aliphatic rings. The second kappa shape index (κ2) is 4.21. The highest BCUT2D eigenvalue weighted by Gasteiger charge is 2.26. The third-order valence-corrected chi connectivity index (χ3v) is 3.17. The maximum atomic E-state index is 11.7. The Morgan fingerprint density at radius 1 is 1.50 bits per heavy atom. The van der Waals surface area contributed by atoms with Crippen molar-refractivity contribution in [3.63, 3.8) is 0 Å². The molecule has 0 radical (unpaired) electrons. The third kappa shape index (κ3) is 2.21. The van der Waals surface area contributed by atoms with Crippen LogP contribution < -0.4 is 5.32 Å². The molecule has 2 rings (SSSR count). The van der Waals surface area contributed by atoms with E-state index < -0.39 is 4.92 Å². The molecular formula is C10H9BrN2O3. The molecule has 0 aromatic heterocycles. The third-order valence-electron chi connectivity index (χ3n) is 2.33. The normalized spacial score (nSPS) is 14.6. The lowest BCUT2D eigenvalue weighted by molar-refractivity contribution is -0.385. The fraction of sp³-hybridized carbons (Fsp3) is 0.300. The average molecular weight is 285 g/mol.